The Labute approximate surface area is 122 Å². The molecule has 1 aliphatic heterocycles. The van der Waals surface area contributed by atoms with Crippen molar-refractivity contribution in [3.05, 3.63) is 58.9 Å². The average Bonchev–Trinajstić information content (AvgIpc) is 2.53. The van der Waals surface area contributed by atoms with Crippen LogP contribution in [0.4, 0.5) is 10.1 Å². The first-order valence-electron chi connectivity index (χ1n) is 6.94. The van der Waals surface area contributed by atoms with Gasteiger partial charge in [-0.2, -0.15) is 0 Å². The molecule has 4 heteroatoms. The number of rotatable bonds is 3. The largest absolute Gasteiger partial charge is 0.496 e. The third-order valence-corrected chi connectivity index (χ3v) is 3.75. The van der Waals surface area contributed by atoms with Crippen molar-refractivity contribution >= 4 is 11.5 Å². The lowest BCUT2D eigenvalue weighted by Crippen LogP contribution is -2.16. The molecule has 2 aromatic rings. The van der Waals surface area contributed by atoms with Crippen LogP contribution in [0.1, 0.15) is 27.9 Å². The van der Waals surface area contributed by atoms with Gasteiger partial charge in [-0.05, 0) is 42.7 Å². The fraction of sp³-hybridized carbons (Fsp3) is 0.235. The highest BCUT2D eigenvalue weighted by Crippen LogP contribution is 2.29. The number of ketones is 1. The van der Waals surface area contributed by atoms with E-state index in [0.29, 0.717) is 11.3 Å². The predicted molar refractivity (Wildman–Crippen MR) is 79.6 cm³/mol. The Morgan fingerprint density at radius 1 is 1.24 bits per heavy atom. The van der Waals surface area contributed by atoms with Crippen molar-refractivity contribution in [2.75, 3.05) is 19.0 Å². The third-order valence-electron chi connectivity index (χ3n) is 3.75. The smallest absolute Gasteiger partial charge is 0.197 e. The summed E-state index contributed by atoms with van der Waals surface area (Å²) in [7, 11) is 1.48. The van der Waals surface area contributed by atoms with Crippen LogP contribution >= 0.6 is 0 Å². The molecule has 0 spiro atoms. The summed E-state index contributed by atoms with van der Waals surface area (Å²) in [5, 5.41) is 3.29. The molecule has 21 heavy (non-hydrogen) atoms. The molecule has 0 unspecified atom stereocenters. The molecule has 0 amide bonds. The van der Waals surface area contributed by atoms with E-state index in [0.717, 1.165) is 30.6 Å². The molecule has 0 atom stereocenters. The summed E-state index contributed by atoms with van der Waals surface area (Å²) in [6.07, 6.45) is 1.83. The summed E-state index contributed by atoms with van der Waals surface area (Å²) in [5.74, 6) is -0.253. The molecule has 0 bridgehead atoms. The van der Waals surface area contributed by atoms with E-state index in [9.17, 15) is 9.18 Å². The van der Waals surface area contributed by atoms with Crippen LogP contribution in [0.3, 0.4) is 0 Å². The van der Waals surface area contributed by atoms with E-state index in [1.807, 2.05) is 12.1 Å². The van der Waals surface area contributed by atoms with Crippen LogP contribution in [-0.4, -0.2) is 19.4 Å². The number of benzene rings is 2. The van der Waals surface area contributed by atoms with E-state index in [1.165, 1.54) is 25.3 Å². The zero-order chi connectivity index (χ0) is 14.8. The molecule has 0 fully saturated rings. The topological polar surface area (TPSA) is 38.3 Å². The van der Waals surface area contributed by atoms with Crippen LogP contribution in [0, 0.1) is 5.82 Å². The minimum absolute atomic E-state index is 0.202. The first-order chi connectivity index (χ1) is 10.2. The van der Waals surface area contributed by atoms with Crippen molar-refractivity contribution in [3.8, 4) is 5.75 Å². The van der Waals surface area contributed by atoms with Crippen molar-refractivity contribution in [1.29, 1.82) is 0 Å². The average molecular weight is 285 g/mol. The lowest BCUT2D eigenvalue weighted by Gasteiger charge is -2.20. The van der Waals surface area contributed by atoms with Crippen LogP contribution in [0.2, 0.25) is 0 Å². The second-order valence-electron chi connectivity index (χ2n) is 5.04. The second-order valence-corrected chi connectivity index (χ2v) is 5.04. The summed E-state index contributed by atoms with van der Waals surface area (Å²) in [4.78, 5) is 12.8. The number of hydrogen-bond acceptors (Lipinski definition) is 3. The number of carbonyl (C=O) groups is 1. The van der Waals surface area contributed by atoms with Crippen molar-refractivity contribution in [2.24, 2.45) is 0 Å². The van der Waals surface area contributed by atoms with Gasteiger partial charge in [0.05, 0.1) is 12.7 Å². The first kappa shape index (κ1) is 13.6. The summed E-state index contributed by atoms with van der Waals surface area (Å²) in [6.45, 7) is 0.911. The number of fused-ring (bicyclic) bond motifs is 1. The molecule has 0 saturated heterocycles. The van der Waals surface area contributed by atoms with Gasteiger partial charge in [0, 0.05) is 17.8 Å². The Kier molecular flexibility index (Phi) is 3.60. The fourth-order valence-corrected chi connectivity index (χ4v) is 2.73. The number of halogens is 1. The molecule has 0 radical (unpaired) electrons. The van der Waals surface area contributed by atoms with Crippen LogP contribution < -0.4 is 10.1 Å². The molecule has 2 aromatic carbocycles. The molecule has 1 aliphatic rings. The zero-order valence-electron chi connectivity index (χ0n) is 11.8. The maximum absolute atomic E-state index is 13.5. The lowest BCUT2D eigenvalue weighted by molar-refractivity contribution is 0.103. The quantitative estimate of drug-likeness (QED) is 0.878. The fourth-order valence-electron chi connectivity index (χ4n) is 2.73. The predicted octanol–water partition coefficient (Wildman–Crippen LogP) is 3.42. The summed E-state index contributed by atoms with van der Waals surface area (Å²) in [5.41, 5.74) is 2.86. The monoisotopic (exact) mass is 285 g/mol. The lowest BCUT2D eigenvalue weighted by atomic mass is 9.92. The van der Waals surface area contributed by atoms with Crippen LogP contribution in [0.15, 0.2) is 36.4 Å². The number of carbonyl (C=O) groups excluding carboxylic acids is 1. The molecule has 108 valence electrons. The summed E-state index contributed by atoms with van der Waals surface area (Å²) in [6, 6.07) is 9.60. The van der Waals surface area contributed by atoms with Gasteiger partial charge in [0.1, 0.15) is 11.6 Å². The van der Waals surface area contributed by atoms with Gasteiger partial charge in [-0.15, -0.1) is 0 Å². The van der Waals surface area contributed by atoms with Gasteiger partial charge in [-0.3, -0.25) is 4.79 Å². The zero-order valence-corrected chi connectivity index (χ0v) is 11.8. The number of nitrogens with one attached hydrogen (secondary N) is 1. The summed E-state index contributed by atoms with van der Waals surface area (Å²) < 4.78 is 18.7. The molecular formula is C17H16FNO2. The minimum atomic E-state index is -0.443. The molecule has 0 aliphatic carbocycles. The summed E-state index contributed by atoms with van der Waals surface area (Å²) >= 11 is 0. The molecule has 3 rings (SSSR count). The van der Waals surface area contributed by atoms with E-state index in [2.05, 4.69) is 5.32 Å². The molecular weight excluding hydrogens is 269 g/mol. The molecule has 1 heterocycles. The molecule has 1 N–H and O–H groups in total. The molecule has 3 nitrogen and oxygen atoms in total. The minimum Gasteiger partial charge on any atom is -0.496 e. The number of anilines is 1. The number of hydrogen-bond donors (Lipinski definition) is 1. The molecule has 0 saturated carbocycles. The van der Waals surface area contributed by atoms with E-state index >= 15 is 0 Å². The van der Waals surface area contributed by atoms with Gasteiger partial charge in [0.15, 0.2) is 5.78 Å². The molecule has 0 aromatic heterocycles. The second kappa shape index (κ2) is 5.56. The Bertz CT molecular complexity index is 697. The van der Waals surface area contributed by atoms with Gasteiger partial charge in [0.25, 0.3) is 0 Å². The maximum Gasteiger partial charge on any atom is 0.197 e. The maximum atomic E-state index is 13.5. The Hall–Kier alpha value is -2.36. The van der Waals surface area contributed by atoms with Crippen LogP contribution in [-0.2, 0) is 6.42 Å². The van der Waals surface area contributed by atoms with Crippen molar-refractivity contribution in [3.63, 3.8) is 0 Å². The normalized spacial score (nSPS) is 13.2. The highest BCUT2D eigenvalue weighted by molar-refractivity contribution is 6.12. The highest BCUT2D eigenvalue weighted by Gasteiger charge is 2.21. The number of ether oxygens (including phenoxy) is 1. The van der Waals surface area contributed by atoms with E-state index in [4.69, 9.17) is 4.74 Å². The Morgan fingerprint density at radius 2 is 2.10 bits per heavy atom. The van der Waals surface area contributed by atoms with Crippen LogP contribution in [0.25, 0.3) is 0 Å². The van der Waals surface area contributed by atoms with Gasteiger partial charge >= 0.3 is 0 Å². The van der Waals surface area contributed by atoms with Crippen molar-refractivity contribution in [2.45, 2.75) is 12.8 Å². The first-order valence-corrected chi connectivity index (χ1v) is 6.94. The van der Waals surface area contributed by atoms with E-state index in [1.54, 1.807) is 6.07 Å². The highest BCUT2D eigenvalue weighted by atomic mass is 19.1. The Balaban J connectivity index is 2.09. The Morgan fingerprint density at radius 3 is 2.90 bits per heavy atom. The van der Waals surface area contributed by atoms with E-state index in [-0.39, 0.29) is 11.3 Å². The van der Waals surface area contributed by atoms with Gasteiger partial charge < -0.3 is 10.1 Å². The standard InChI is InChI=1S/C17H16FNO2/c1-21-16-8-7-11(18)10-14(16)17(20)13-4-2-6-15-12(13)5-3-9-19-15/h2,4,6-8,10,19H,3,5,9H2,1H3. The SMILES string of the molecule is COc1ccc(F)cc1C(=O)c1cccc2c1CCCN2. The van der Waals surface area contributed by atoms with Crippen molar-refractivity contribution in [1.82, 2.24) is 0 Å². The van der Waals surface area contributed by atoms with Crippen molar-refractivity contribution < 1.29 is 13.9 Å². The van der Waals surface area contributed by atoms with E-state index < -0.39 is 5.82 Å². The third kappa shape index (κ3) is 2.49. The van der Waals surface area contributed by atoms with Crippen LogP contribution in [0.5, 0.6) is 5.75 Å². The van der Waals surface area contributed by atoms with Gasteiger partial charge in [-0.1, -0.05) is 12.1 Å². The van der Waals surface area contributed by atoms with Gasteiger partial charge in [-0.25, -0.2) is 4.39 Å². The number of methoxy groups -OCH3 is 1. The van der Waals surface area contributed by atoms with Gasteiger partial charge in [0.2, 0.25) is 0 Å².